The number of benzene rings is 3. The Morgan fingerprint density at radius 2 is 1.88 bits per heavy atom. The van der Waals surface area contributed by atoms with Gasteiger partial charge in [-0.3, -0.25) is 15.0 Å². The lowest BCUT2D eigenvalue weighted by molar-refractivity contribution is 0.0486. The van der Waals surface area contributed by atoms with Gasteiger partial charge < -0.3 is 14.8 Å². The van der Waals surface area contributed by atoms with Crippen molar-refractivity contribution in [2.24, 2.45) is 0 Å². The molecular weight excluding hydrogens is 498 g/mol. The van der Waals surface area contributed by atoms with Crippen LogP contribution in [-0.4, -0.2) is 30.0 Å². The minimum absolute atomic E-state index is 0.292. The van der Waals surface area contributed by atoms with Crippen molar-refractivity contribution in [1.82, 2.24) is 10.4 Å². The molecule has 34 heavy (non-hydrogen) atoms. The molecule has 0 saturated heterocycles. The van der Waals surface area contributed by atoms with Crippen molar-refractivity contribution in [2.75, 3.05) is 18.5 Å². The van der Waals surface area contributed by atoms with E-state index in [-0.39, 0.29) is 5.91 Å². The Balaban J connectivity index is 1.76. The Kier molecular flexibility index (Phi) is 7.18. The zero-order valence-electron chi connectivity index (χ0n) is 18.6. The van der Waals surface area contributed by atoms with Crippen LogP contribution in [0.1, 0.15) is 39.4 Å². The summed E-state index contributed by atoms with van der Waals surface area (Å²) in [6.07, 6.45) is 0.910. The number of halogens is 1. The average Bonchev–Trinajstić information content (AvgIpc) is 2.85. The van der Waals surface area contributed by atoms with Gasteiger partial charge in [0.25, 0.3) is 11.8 Å². The number of amides is 2. The summed E-state index contributed by atoms with van der Waals surface area (Å²) in [6.45, 7) is 6.25. The highest BCUT2D eigenvalue weighted by Crippen LogP contribution is 2.37. The molecule has 1 atom stereocenters. The van der Waals surface area contributed by atoms with Gasteiger partial charge in [-0.1, -0.05) is 52.9 Å². The molecule has 2 N–H and O–H groups in total. The van der Waals surface area contributed by atoms with Crippen LogP contribution in [0, 0.1) is 0 Å². The van der Waals surface area contributed by atoms with E-state index in [1.807, 2.05) is 31.2 Å². The minimum atomic E-state index is -0.733. The number of anilines is 1. The highest BCUT2D eigenvalue weighted by Gasteiger charge is 2.36. The number of hydrazine groups is 1. The maximum atomic E-state index is 13.6. The van der Waals surface area contributed by atoms with Crippen LogP contribution in [0.15, 0.2) is 83.9 Å². The number of hydrogen-bond donors (Lipinski definition) is 2. The molecule has 0 radical (unpaired) electrons. The molecule has 8 heteroatoms. The SMILES string of the molecule is C=CCOc1ccc(Br)cc1[C@H]1Nc2ccccc2C(=O)N1NC(=O)c1ccccc1OCC. The van der Waals surface area contributed by atoms with Gasteiger partial charge in [-0.05, 0) is 49.4 Å². The normalized spacial score (nSPS) is 14.6. The molecule has 0 aromatic heterocycles. The molecule has 174 valence electrons. The quantitative estimate of drug-likeness (QED) is 0.392. The van der Waals surface area contributed by atoms with E-state index in [2.05, 4.69) is 33.3 Å². The van der Waals surface area contributed by atoms with Gasteiger partial charge >= 0.3 is 0 Å². The second kappa shape index (κ2) is 10.4. The first-order valence-corrected chi connectivity index (χ1v) is 11.6. The monoisotopic (exact) mass is 521 g/mol. The summed E-state index contributed by atoms with van der Waals surface area (Å²) >= 11 is 3.50. The van der Waals surface area contributed by atoms with E-state index in [1.165, 1.54) is 5.01 Å². The fourth-order valence-electron chi connectivity index (χ4n) is 3.70. The summed E-state index contributed by atoms with van der Waals surface area (Å²) in [5.74, 6) is 0.180. The summed E-state index contributed by atoms with van der Waals surface area (Å²) in [5.41, 5.74) is 4.88. The van der Waals surface area contributed by atoms with Gasteiger partial charge in [-0.2, -0.15) is 0 Å². The van der Waals surface area contributed by atoms with Crippen molar-refractivity contribution in [3.63, 3.8) is 0 Å². The average molecular weight is 522 g/mol. The first-order valence-electron chi connectivity index (χ1n) is 10.8. The van der Waals surface area contributed by atoms with Crippen molar-refractivity contribution < 1.29 is 19.1 Å². The maximum Gasteiger partial charge on any atom is 0.276 e. The van der Waals surface area contributed by atoms with Crippen LogP contribution < -0.4 is 20.2 Å². The molecule has 7 nitrogen and oxygen atoms in total. The van der Waals surface area contributed by atoms with Crippen molar-refractivity contribution in [2.45, 2.75) is 13.1 Å². The van der Waals surface area contributed by atoms with E-state index in [1.54, 1.807) is 48.5 Å². The molecule has 3 aromatic rings. The molecule has 3 aromatic carbocycles. The largest absolute Gasteiger partial charge is 0.493 e. The third-order valence-corrected chi connectivity index (χ3v) is 5.70. The van der Waals surface area contributed by atoms with E-state index in [0.29, 0.717) is 47.1 Å². The fourth-order valence-corrected chi connectivity index (χ4v) is 4.08. The predicted molar refractivity (Wildman–Crippen MR) is 134 cm³/mol. The summed E-state index contributed by atoms with van der Waals surface area (Å²) in [6, 6.07) is 19.6. The third kappa shape index (κ3) is 4.77. The Labute approximate surface area is 206 Å². The van der Waals surface area contributed by atoms with E-state index in [4.69, 9.17) is 9.47 Å². The van der Waals surface area contributed by atoms with E-state index >= 15 is 0 Å². The molecule has 0 bridgehead atoms. The first-order chi connectivity index (χ1) is 16.5. The Bertz CT molecular complexity index is 1230. The second-order valence-corrected chi connectivity index (χ2v) is 8.34. The minimum Gasteiger partial charge on any atom is -0.493 e. The number of carbonyl (C=O) groups is 2. The predicted octanol–water partition coefficient (Wildman–Crippen LogP) is 5.32. The second-order valence-electron chi connectivity index (χ2n) is 7.42. The summed E-state index contributed by atoms with van der Waals surface area (Å²) < 4.78 is 12.3. The zero-order chi connectivity index (χ0) is 24.1. The molecule has 0 spiro atoms. The standard InChI is InChI=1S/C26H24BrN3O4/c1-3-15-34-23-14-13-17(27)16-20(23)24-28-21-11-7-5-9-18(21)26(32)30(24)29-25(31)19-10-6-8-12-22(19)33-4-2/h3,5-14,16,24,28H,1,4,15H2,2H3,(H,29,31)/t24-/m0/s1. The summed E-state index contributed by atoms with van der Waals surface area (Å²) in [4.78, 5) is 26.9. The topological polar surface area (TPSA) is 79.9 Å². The summed E-state index contributed by atoms with van der Waals surface area (Å²) in [5, 5.41) is 4.65. The Morgan fingerprint density at radius 3 is 2.68 bits per heavy atom. The lowest BCUT2D eigenvalue weighted by Gasteiger charge is -2.38. The third-order valence-electron chi connectivity index (χ3n) is 5.20. The highest BCUT2D eigenvalue weighted by atomic mass is 79.9. The van der Waals surface area contributed by atoms with Crippen LogP contribution in [0.2, 0.25) is 0 Å². The van der Waals surface area contributed by atoms with E-state index in [0.717, 1.165) is 4.47 Å². The van der Waals surface area contributed by atoms with Gasteiger partial charge in [0.2, 0.25) is 0 Å². The molecule has 0 unspecified atom stereocenters. The number of carbonyl (C=O) groups excluding carboxylic acids is 2. The highest BCUT2D eigenvalue weighted by molar-refractivity contribution is 9.10. The maximum absolute atomic E-state index is 13.6. The van der Waals surface area contributed by atoms with Crippen molar-refractivity contribution >= 4 is 33.4 Å². The molecule has 0 fully saturated rings. The summed E-state index contributed by atoms with van der Waals surface area (Å²) in [7, 11) is 0. The zero-order valence-corrected chi connectivity index (χ0v) is 20.2. The number of rotatable bonds is 8. The van der Waals surface area contributed by atoms with Crippen LogP contribution in [0.4, 0.5) is 5.69 Å². The lowest BCUT2D eigenvalue weighted by atomic mass is 10.0. The van der Waals surface area contributed by atoms with Gasteiger partial charge in [0.1, 0.15) is 18.1 Å². The van der Waals surface area contributed by atoms with Gasteiger partial charge in [-0.15, -0.1) is 0 Å². The molecule has 0 saturated carbocycles. The van der Waals surface area contributed by atoms with Crippen molar-refractivity contribution in [3.8, 4) is 11.5 Å². The van der Waals surface area contributed by atoms with Gasteiger partial charge in [0.15, 0.2) is 6.17 Å². The van der Waals surface area contributed by atoms with Crippen molar-refractivity contribution in [1.29, 1.82) is 0 Å². The van der Waals surface area contributed by atoms with Crippen LogP contribution in [-0.2, 0) is 0 Å². The van der Waals surface area contributed by atoms with Crippen LogP contribution in [0.5, 0.6) is 11.5 Å². The molecule has 0 aliphatic carbocycles. The fraction of sp³-hybridized carbons (Fsp3) is 0.154. The van der Waals surface area contributed by atoms with Crippen LogP contribution >= 0.6 is 15.9 Å². The molecule has 1 aliphatic heterocycles. The van der Waals surface area contributed by atoms with Gasteiger partial charge in [0.05, 0.1) is 17.7 Å². The Hall–Kier alpha value is -3.78. The van der Waals surface area contributed by atoms with Crippen molar-refractivity contribution in [3.05, 3.63) is 101 Å². The van der Waals surface area contributed by atoms with Gasteiger partial charge in [0, 0.05) is 15.7 Å². The Morgan fingerprint density at radius 1 is 1.12 bits per heavy atom. The number of para-hydroxylation sites is 2. The molecule has 2 amide bonds. The van der Waals surface area contributed by atoms with E-state index in [9.17, 15) is 9.59 Å². The molecule has 1 aliphatic rings. The smallest absolute Gasteiger partial charge is 0.276 e. The number of fused-ring (bicyclic) bond motifs is 1. The van der Waals surface area contributed by atoms with Crippen LogP contribution in [0.25, 0.3) is 0 Å². The van der Waals surface area contributed by atoms with Gasteiger partial charge in [-0.25, -0.2) is 5.01 Å². The number of ether oxygens (including phenoxy) is 2. The molecular formula is C26H24BrN3O4. The molecule has 4 rings (SSSR count). The number of hydrogen-bond acceptors (Lipinski definition) is 5. The number of nitrogens with zero attached hydrogens (tertiary/aromatic N) is 1. The lowest BCUT2D eigenvalue weighted by Crippen LogP contribution is -2.53. The number of nitrogens with one attached hydrogen (secondary N) is 2. The molecule has 1 heterocycles. The van der Waals surface area contributed by atoms with Crippen LogP contribution in [0.3, 0.4) is 0 Å². The first kappa shape index (κ1) is 23.4. The van der Waals surface area contributed by atoms with E-state index < -0.39 is 12.1 Å².